The normalized spacial score (nSPS) is 15.5. The Morgan fingerprint density at radius 3 is 2.90 bits per heavy atom. The highest BCUT2D eigenvalue weighted by Gasteiger charge is 2.23. The van der Waals surface area contributed by atoms with Crippen LogP contribution in [0, 0.1) is 6.92 Å². The molecule has 6 heteroatoms. The molecule has 6 nitrogen and oxygen atoms in total. The molecule has 2 aromatic heterocycles. The number of carbonyl (C=O) groups is 1. The van der Waals surface area contributed by atoms with Crippen LogP contribution in [-0.4, -0.2) is 27.0 Å². The largest absolute Gasteiger partial charge is 0.493 e. The monoisotopic (exact) mass is 398 g/mol. The summed E-state index contributed by atoms with van der Waals surface area (Å²) in [4.78, 5) is 22.1. The van der Waals surface area contributed by atoms with E-state index in [-0.39, 0.29) is 11.9 Å². The van der Waals surface area contributed by atoms with Crippen molar-refractivity contribution >= 4 is 16.9 Å². The van der Waals surface area contributed by atoms with Crippen molar-refractivity contribution in [1.82, 2.24) is 19.9 Å². The third-order valence-corrected chi connectivity index (χ3v) is 5.65. The Hall–Kier alpha value is -3.67. The van der Waals surface area contributed by atoms with Crippen LogP contribution in [0.25, 0.3) is 22.4 Å². The van der Waals surface area contributed by atoms with Crippen molar-refractivity contribution in [3.63, 3.8) is 0 Å². The Bertz CT molecular complexity index is 1260. The highest BCUT2D eigenvalue weighted by atomic mass is 16.5. The topological polar surface area (TPSA) is 69.0 Å². The number of nitrogens with one attached hydrogen (secondary N) is 1. The molecular formula is C24H22N4O2. The van der Waals surface area contributed by atoms with Gasteiger partial charge >= 0.3 is 0 Å². The molecule has 0 spiro atoms. The molecule has 3 heterocycles. The number of ether oxygens (including phenoxy) is 1. The molecule has 1 amide bonds. The summed E-state index contributed by atoms with van der Waals surface area (Å²) in [5, 5.41) is 3.15. The van der Waals surface area contributed by atoms with Crippen LogP contribution in [0.15, 0.2) is 60.8 Å². The lowest BCUT2D eigenvalue weighted by Crippen LogP contribution is -2.32. The number of carbonyl (C=O) groups excluding carboxylic acids is 1. The highest BCUT2D eigenvalue weighted by molar-refractivity contribution is 5.98. The third kappa shape index (κ3) is 3.10. The second-order valence-electron chi connectivity index (χ2n) is 7.54. The minimum atomic E-state index is -0.108. The van der Waals surface area contributed by atoms with Gasteiger partial charge in [-0.2, -0.15) is 0 Å². The average Bonchev–Trinajstić information content (AvgIpc) is 3.10. The Morgan fingerprint density at radius 2 is 2.03 bits per heavy atom. The summed E-state index contributed by atoms with van der Waals surface area (Å²) in [6, 6.07) is 17.4. The van der Waals surface area contributed by atoms with Gasteiger partial charge in [-0.15, -0.1) is 0 Å². The second-order valence-corrected chi connectivity index (χ2v) is 7.54. The molecule has 0 bridgehead atoms. The van der Waals surface area contributed by atoms with E-state index in [4.69, 9.17) is 9.72 Å². The number of hydrogen-bond donors (Lipinski definition) is 1. The zero-order chi connectivity index (χ0) is 20.7. The molecular weight excluding hydrogens is 376 g/mol. The molecule has 0 aliphatic carbocycles. The first-order chi connectivity index (χ1) is 14.6. The van der Waals surface area contributed by atoms with Crippen LogP contribution in [0.4, 0.5) is 0 Å². The van der Waals surface area contributed by atoms with Crippen LogP contribution in [0.3, 0.4) is 0 Å². The molecule has 0 fully saturated rings. The Morgan fingerprint density at radius 1 is 1.17 bits per heavy atom. The van der Waals surface area contributed by atoms with Gasteiger partial charge in [0.2, 0.25) is 0 Å². The molecule has 2 aromatic carbocycles. The SMILES string of the molecule is Cc1ncccc1-c1nc2cc(C(=O)N[C@H]3CCOc4ccccc43)ccc2n1C. The van der Waals surface area contributed by atoms with Gasteiger partial charge in [-0.3, -0.25) is 9.78 Å². The van der Waals surface area contributed by atoms with E-state index in [0.29, 0.717) is 12.2 Å². The first-order valence-corrected chi connectivity index (χ1v) is 10.0. The number of para-hydroxylation sites is 1. The Kier molecular flexibility index (Phi) is 4.47. The number of rotatable bonds is 3. The summed E-state index contributed by atoms with van der Waals surface area (Å²) in [6.07, 6.45) is 2.53. The number of nitrogens with zero attached hydrogens (tertiary/aromatic N) is 3. The number of hydrogen-bond acceptors (Lipinski definition) is 4. The van der Waals surface area contributed by atoms with Crippen LogP contribution in [0.1, 0.15) is 34.1 Å². The van der Waals surface area contributed by atoms with Gasteiger partial charge in [0.05, 0.1) is 23.7 Å². The van der Waals surface area contributed by atoms with Crippen LogP contribution < -0.4 is 10.1 Å². The fraction of sp³-hybridized carbons (Fsp3) is 0.208. The van der Waals surface area contributed by atoms with Gasteiger partial charge in [-0.1, -0.05) is 18.2 Å². The van der Waals surface area contributed by atoms with Crippen molar-refractivity contribution in [2.24, 2.45) is 7.05 Å². The molecule has 1 atom stereocenters. The van der Waals surface area contributed by atoms with Gasteiger partial charge in [-0.25, -0.2) is 4.98 Å². The van der Waals surface area contributed by atoms with E-state index in [2.05, 4.69) is 10.3 Å². The van der Waals surface area contributed by atoms with E-state index in [0.717, 1.165) is 45.8 Å². The maximum absolute atomic E-state index is 13.0. The van der Waals surface area contributed by atoms with Crippen LogP contribution in [0.5, 0.6) is 5.75 Å². The summed E-state index contributed by atoms with van der Waals surface area (Å²) in [7, 11) is 1.98. The second kappa shape index (κ2) is 7.30. The van der Waals surface area contributed by atoms with Gasteiger partial charge < -0.3 is 14.6 Å². The molecule has 1 aliphatic rings. The fourth-order valence-electron chi connectivity index (χ4n) is 4.04. The standard InChI is InChI=1S/C24H22N4O2/c1-15-17(7-5-12-25-15)23-26-20-14-16(9-10-21(20)28(23)2)24(29)27-19-11-13-30-22-8-4-3-6-18(19)22/h3-10,12,14,19H,11,13H2,1-2H3,(H,27,29)/t19-/m0/s1. The highest BCUT2D eigenvalue weighted by Crippen LogP contribution is 2.32. The number of imidazole rings is 1. The van der Waals surface area contributed by atoms with Crippen LogP contribution >= 0.6 is 0 Å². The summed E-state index contributed by atoms with van der Waals surface area (Å²) < 4.78 is 7.73. The molecule has 5 rings (SSSR count). The van der Waals surface area contributed by atoms with Crippen molar-refractivity contribution in [2.45, 2.75) is 19.4 Å². The smallest absolute Gasteiger partial charge is 0.251 e. The molecule has 1 aliphatic heterocycles. The van der Waals surface area contributed by atoms with E-state index in [1.807, 2.05) is 73.1 Å². The first kappa shape index (κ1) is 18.4. The van der Waals surface area contributed by atoms with E-state index < -0.39 is 0 Å². The lowest BCUT2D eigenvalue weighted by molar-refractivity contribution is 0.0925. The number of benzene rings is 2. The number of aromatic nitrogens is 3. The van der Waals surface area contributed by atoms with Crippen LogP contribution in [0.2, 0.25) is 0 Å². The van der Waals surface area contributed by atoms with Gasteiger partial charge in [0, 0.05) is 42.0 Å². The molecule has 0 unspecified atom stereocenters. The predicted molar refractivity (Wildman–Crippen MR) is 115 cm³/mol. The van der Waals surface area contributed by atoms with Crippen molar-refractivity contribution in [1.29, 1.82) is 0 Å². The summed E-state index contributed by atoms with van der Waals surface area (Å²) in [5.74, 6) is 1.57. The summed E-state index contributed by atoms with van der Waals surface area (Å²) in [6.45, 7) is 2.56. The minimum absolute atomic E-state index is 0.0597. The van der Waals surface area contributed by atoms with E-state index in [1.165, 1.54) is 0 Å². The lowest BCUT2D eigenvalue weighted by Gasteiger charge is -2.26. The van der Waals surface area contributed by atoms with Gasteiger partial charge in [0.25, 0.3) is 5.91 Å². The zero-order valence-corrected chi connectivity index (χ0v) is 16.9. The quantitative estimate of drug-likeness (QED) is 0.562. The summed E-state index contributed by atoms with van der Waals surface area (Å²) in [5.41, 5.74) is 5.29. The molecule has 0 saturated heterocycles. The van der Waals surface area contributed by atoms with E-state index in [9.17, 15) is 4.79 Å². The number of aryl methyl sites for hydroxylation is 2. The van der Waals surface area contributed by atoms with Gasteiger partial charge in [0.1, 0.15) is 11.6 Å². The Balaban J connectivity index is 1.46. The Labute approximate surface area is 174 Å². The van der Waals surface area contributed by atoms with Crippen molar-refractivity contribution in [3.05, 3.63) is 77.6 Å². The minimum Gasteiger partial charge on any atom is -0.493 e. The van der Waals surface area contributed by atoms with E-state index in [1.54, 1.807) is 6.20 Å². The van der Waals surface area contributed by atoms with Crippen molar-refractivity contribution in [3.8, 4) is 17.1 Å². The number of pyridine rings is 1. The molecule has 4 aromatic rings. The molecule has 150 valence electrons. The van der Waals surface area contributed by atoms with Crippen molar-refractivity contribution < 1.29 is 9.53 Å². The van der Waals surface area contributed by atoms with Gasteiger partial charge in [-0.05, 0) is 43.3 Å². The van der Waals surface area contributed by atoms with Crippen molar-refractivity contribution in [2.75, 3.05) is 6.61 Å². The van der Waals surface area contributed by atoms with E-state index >= 15 is 0 Å². The molecule has 0 radical (unpaired) electrons. The summed E-state index contributed by atoms with van der Waals surface area (Å²) >= 11 is 0. The fourth-order valence-corrected chi connectivity index (χ4v) is 4.04. The lowest BCUT2D eigenvalue weighted by atomic mass is 10.00. The van der Waals surface area contributed by atoms with Gasteiger partial charge in [0.15, 0.2) is 0 Å². The first-order valence-electron chi connectivity index (χ1n) is 10.0. The third-order valence-electron chi connectivity index (χ3n) is 5.65. The maximum atomic E-state index is 13.0. The molecule has 30 heavy (non-hydrogen) atoms. The van der Waals surface area contributed by atoms with Crippen LogP contribution in [-0.2, 0) is 7.05 Å². The number of amides is 1. The zero-order valence-electron chi connectivity index (χ0n) is 16.9. The average molecular weight is 398 g/mol. The maximum Gasteiger partial charge on any atom is 0.251 e. The molecule has 1 N–H and O–H groups in total. The predicted octanol–water partition coefficient (Wildman–Crippen LogP) is 4.20. The number of fused-ring (bicyclic) bond motifs is 2. The molecule has 0 saturated carbocycles.